The summed E-state index contributed by atoms with van der Waals surface area (Å²) in [6.45, 7) is 5.27. The van der Waals surface area contributed by atoms with E-state index in [9.17, 15) is 26.4 Å². The van der Waals surface area contributed by atoms with E-state index in [1.165, 1.54) is 23.0 Å². The molecule has 3 saturated heterocycles. The molecule has 1 N–H and O–H groups in total. The van der Waals surface area contributed by atoms with Gasteiger partial charge in [-0.3, -0.25) is 4.79 Å². The van der Waals surface area contributed by atoms with Crippen molar-refractivity contribution in [2.45, 2.75) is 88.8 Å². The molecule has 5 rings (SSSR count). The van der Waals surface area contributed by atoms with E-state index in [0.717, 1.165) is 64.1 Å². The normalized spacial score (nSPS) is 26.2. The summed E-state index contributed by atoms with van der Waals surface area (Å²) in [5.41, 5.74) is 0.449. The monoisotopic (exact) mass is 654 g/mol. The number of ether oxygens (including phenoxy) is 1. The quantitative estimate of drug-likeness (QED) is 0.446. The highest BCUT2D eigenvalue weighted by Gasteiger charge is 2.36. The van der Waals surface area contributed by atoms with Crippen LogP contribution in [0.5, 0.6) is 0 Å². The molecule has 1 amide bonds. The maximum absolute atomic E-state index is 13.5. The molecular formula is C31H45F3N6O4S. The van der Waals surface area contributed by atoms with E-state index in [2.05, 4.69) is 20.2 Å². The molecule has 0 saturated carbocycles. The molecule has 0 spiro atoms. The van der Waals surface area contributed by atoms with Gasteiger partial charge in [0, 0.05) is 50.2 Å². The van der Waals surface area contributed by atoms with Gasteiger partial charge in [-0.2, -0.15) is 13.2 Å². The zero-order valence-electron chi connectivity index (χ0n) is 26.3. The first kappa shape index (κ1) is 33.8. The van der Waals surface area contributed by atoms with Gasteiger partial charge in [0.2, 0.25) is 10.0 Å². The van der Waals surface area contributed by atoms with Crippen LogP contribution in [-0.4, -0.2) is 115 Å². The molecular weight excluding hydrogens is 609 g/mol. The van der Waals surface area contributed by atoms with Gasteiger partial charge >= 0.3 is 6.18 Å². The first-order valence-corrected chi connectivity index (χ1v) is 17.8. The van der Waals surface area contributed by atoms with Crippen molar-refractivity contribution < 1.29 is 31.1 Å². The molecule has 10 nitrogen and oxygen atoms in total. The Balaban J connectivity index is 1.10. The standard InChI is InChI=1S/C31H45F3N6O4S/c1-21-28(30(41)40-17-13-25(14-18-40)39-15-11-24(12-16-39)38(2)45(3,42)43)36-20-37-29(21)35-19-26-5-4-6-27(44-26)22-7-9-23(10-8-22)31(32,33)34/h7,9-10,20,22,24-27H,4-6,8,11-19H2,1-3H3,(H,35,36,37)/t22?,26-,27+/m1/s1. The van der Waals surface area contributed by atoms with Crippen LogP contribution in [0.1, 0.15) is 67.4 Å². The third kappa shape index (κ3) is 8.25. The van der Waals surface area contributed by atoms with Gasteiger partial charge in [0.25, 0.3) is 5.91 Å². The SMILES string of the molecule is Cc1c(NC[C@H]2CCC[C@@H](C3C=CC(C(F)(F)F)=CC3)O2)ncnc1C(=O)N1CCC(N2CCC(N(C)S(C)(=O)=O)CC2)CC1. The second-order valence-corrected chi connectivity index (χ2v) is 14.8. The predicted octanol–water partition coefficient (Wildman–Crippen LogP) is 4.16. The number of nitrogens with zero attached hydrogens (tertiary/aromatic N) is 5. The van der Waals surface area contributed by atoms with Gasteiger partial charge in [0.15, 0.2) is 0 Å². The van der Waals surface area contributed by atoms with Crippen LogP contribution in [-0.2, 0) is 14.8 Å². The van der Waals surface area contributed by atoms with Gasteiger partial charge in [-0.15, -0.1) is 0 Å². The Morgan fingerprint density at radius 3 is 2.42 bits per heavy atom. The number of halogens is 3. The van der Waals surface area contributed by atoms with Crippen molar-refractivity contribution in [2.24, 2.45) is 5.92 Å². The zero-order chi connectivity index (χ0) is 32.4. The van der Waals surface area contributed by atoms with E-state index in [1.807, 2.05) is 11.8 Å². The van der Waals surface area contributed by atoms with Crippen LogP contribution < -0.4 is 5.32 Å². The van der Waals surface area contributed by atoms with E-state index in [1.54, 1.807) is 13.1 Å². The van der Waals surface area contributed by atoms with Crippen molar-refractivity contribution in [3.8, 4) is 0 Å². The molecule has 4 aliphatic rings. The third-order valence-electron chi connectivity index (χ3n) is 9.91. The van der Waals surface area contributed by atoms with E-state index in [4.69, 9.17) is 4.74 Å². The molecule has 3 aliphatic heterocycles. The maximum Gasteiger partial charge on any atom is 0.416 e. The van der Waals surface area contributed by atoms with Crippen LogP contribution in [0, 0.1) is 12.8 Å². The summed E-state index contributed by atoms with van der Waals surface area (Å²) in [6, 6.07) is 0.405. The van der Waals surface area contributed by atoms with E-state index in [0.29, 0.717) is 49.2 Å². The Morgan fingerprint density at radius 2 is 1.80 bits per heavy atom. The lowest BCUT2D eigenvalue weighted by Crippen LogP contribution is -2.52. The van der Waals surface area contributed by atoms with Gasteiger partial charge in [-0.05, 0) is 71.4 Å². The topological polar surface area (TPSA) is 108 Å². The summed E-state index contributed by atoms with van der Waals surface area (Å²) < 4.78 is 70.6. The molecule has 45 heavy (non-hydrogen) atoms. The molecule has 14 heteroatoms. The number of amides is 1. The largest absolute Gasteiger partial charge is 0.416 e. The van der Waals surface area contributed by atoms with Gasteiger partial charge < -0.3 is 19.9 Å². The Morgan fingerprint density at radius 1 is 1.09 bits per heavy atom. The van der Waals surface area contributed by atoms with Gasteiger partial charge in [0.05, 0.1) is 24.0 Å². The molecule has 4 heterocycles. The summed E-state index contributed by atoms with van der Waals surface area (Å²) in [6.07, 6.45) is 8.32. The summed E-state index contributed by atoms with van der Waals surface area (Å²) in [5.74, 6) is 0.377. The fourth-order valence-corrected chi connectivity index (χ4v) is 7.79. The molecule has 1 aromatic rings. The van der Waals surface area contributed by atoms with Gasteiger partial charge in [0.1, 0.15) is 17.8 Å². The number of allylic oxidation sites excluding steroid dienone is 3. The number of rotatable bonds is 8. The van der Waals surface area contributed by atoms with Crippen LogP contribution in [0.15, 0.2) is 30.1 Å². The molecule has 250 valence electrons. The number of hydrogen-bond acceptors (Lipinski definition) is 8. The summed E-state index contributed by atoms with van der Waals surface area (Å²) >= 11 is 0. The van der Waals surface area contributed by atoms with E-state index in [-0.39, 0.29) is 30.1 Å². The molecule has 1 aliphatic carbocycles. The summed E-state index contributed by atoms with van der Waals surface area (Å²) in [5, 5.41) is 3.33. The minimum absolute atomic E-state index is 0.0363. The van der Waals surface area contributed by atoms with Crippen LogP contribution in [0.3, 0.4) is 0 Å². The second-order valence-electron chi connectivity index (χ2n) is 12.8. The highest BCUT2D eigenvalue weighted by atomic mass is 32.2. The number of aromatic nitrogens is 2. The van der Waals surface area contributed by atoms with Crippen molar-refractivity contribution in [3.63, 3.8) is 0 Å². The zero-order valence-corrected chi connectivity index (χ0v) is 27.1. The minimum Gasteiger partial charge on any atom is -0.373 e. The van der Waals surface area contributed by atoms with E-state index >= 15 is 0 Å². The molecule has 0 radical (unpaired) electrons. The van der Waals surface area contributed by atoms with Crippen LogP contribution in [0.4, 0.5) is 19.0 Å². The third-order valence-corrected chi connectivity index (χ3v) is 11.3. The Hall–Kier alpha value is -2.55. The second kappa shape index (κ2) is 14.1. The fraction of sp³-hybridized carbons (Fsp3) is 0.710. The molecule has 1 aromatic heterocycles. The lowest BCUT2D eigenvalue weighted by Gasteiger charge is -2.43. The number of alkyl halides is 3. The van der Waals surface area contributed by atoms with Crippen molar-refractivity contribution in [1.29, 1.82) is 0 Å². The van der Waals surface area contributed by atoms with Crippen LogP contribution in [0.25, 0.3) is 0 Å². The summed E-state index contributed by atoms with van der Waals surface area (Å²) in [7, 11) is -1.54. The average molecular weight is 655 g/mol. The van der Waals surface area contributed by atoms with Crippen LogP contribution >= 0.6 is 0 Å². The fourth-order valence-electron chi connectivity index (χ4n) is 7.04. The Kier molecular flexibility index (Phi) is 10.6. The smallest absolute Gasteiger partial charge is 0.373 e. The first-order valence-electron chi connectivity index (χ1n) is 15.9. The van der Waals surface area contributed by atoms with Gasteiger partial charge in [-0.25, -0.2) is 22.7 Å². The number of carbonyl (C=O) groups is 1. The number of nitrogens with one attached hydrogen (secondary N) is 1. The molecule has 0 bridgehead atoms. The van der Waals surface area contributed by atoms with Crippen molar-refractivity contribution >= 4 is 21.7 Å². The first-order chi connectivity index (χ1) is 21.3. The predicted molar refractivity (Wildman–Crippen MR) is 165 cm³/mol. The Labute approximate surface area is 264 Å². The van der Waals surface area contributed by atoms with Crippen molar-refractivity contribution in [2.75, 3.05) is 51.3 Å². The number of likely N-dealkylation sites (tertiary alicyclic amines) is 2. The van der Waals surface area contributed by atoms with Crippen molar-refractivity contribution in [3.05, 3.63) is 41.4 Å². The highest BCUT2D eigenvalue weighted by Crippen LogP contribution is 2.35. The van der Waals surface area contributed by atoms with E-state index < -0.39 is 21.8 Å². The van der Waals surface area contributed by atoms with Crippen molar-refractivity contribution in [1.82, 2.24) is 24.1 Å². The Bertz CT molecular complexity index is 1370. The molecule has 0 aromatic carbocycles. The average Bonchev–Trinajstić information content (AvgIpc) is 3.03. The summed E-state index contributed by atoms with van der Waals surface area (Å²) in [4.78, 5) is 26.5. The molecule has 1 unspecified atom stereocenters. The maximum atomic E-state index is 13.5. The number of piperidine rings is 2. The van der Waals surface area contributed by atoms with Gasteiger partial charge in [-0.1, -0.05) is 18.2 Å². The highest BCUT2D eigenvalue weighted by molar-refractivity contribution is 7.88. The number of carbonyl (C=O) groups excluding carboxylic acids is 1. The molecule has 3 atom stereocenters. The lowest BCUT2D eigenvalue weighted by atomic mass is 9.87. The number of hydrogen-bond donors (Lipinski definition) is 1. The number of sulfonamides is 1. The number of anilines is 1. The lowest BCUT2D eigenvalue weighted by molar-refractivity contribution is -0.0899. The van der Waals surface area contributed by atoms with Crippen LogP contribution in [0.2, 0.25) is 0 Å². The minimum atomic E-state index is -4.33. The molecule has 3 fully saturated rings.